The molecule has 0 spiro atoms. The second-order valence-electron chi connectivity index (χ2n) is 4.85. The van der Waals surface area contributed by atoms with Crippen LogP contribution in [0.5, 0.6) is 0 Å². The van der Waals surface area contributed by atoms with Gasteiger partial charge in [-0.1, -0.05) is 6.92 Å². The van der Waals surface area contributed by atoms with Gasteiger partial charge in [-0.2, -0.15) is 21.0 Å². The van der Waals surface area contributed by atoms with Crippen LogP contribution >= 0.6 is 12.6 Å². The first-order valence-corrected chi connectivity index (χ1v) is 8.65. The summed E-state index contributed by atoms with van der Waals surface area (Å²) in [4.78, 5) is 22.0. The third-order valence-corrected chi connectivity index (χ3v) is 5.30. The van der Waals surface area contributed by atoms with Crippen LogP contribution in [0.4, 0.5) is 0 Å². The first-order valence-electron chi connectivity index (χ1n) is 6.58. The SMILES string of the molecule is CCCN[C@@H](CS)C(=O)N1CCC[C@]1(C(=O)O)S(=O)(=O)O. The summed E-state index contributed by atoms with van der Waals surface area (Å²) < 4.78 is 32.5. The molecule has 1 amide bonds. The molecule has 0 aromatic heterocycles. The molecule has 0 unspecified atom stereocenters. The highest BCUT2D eigenvalue weighted by Gasteiger charge is 2.60. The molecule has 3 N–H and O–H groups in total. The number of carbonyl (C=O) groups is 2. The summed E-state index contributed by atoms with van der Waals surface area (Å²) >= 11 is 4.03. The van der Waals surface area contributed by atoms with Crippen molar-refractivity contribution in [1.82, 2.24) is 10.2 Å². The highest BCUT2D eigenvalue weighted by Crippen LogP contribution is 2.35. The summed E-state index contributed by atoms with van der Waals surface area (Å²) in [5.41, 5.74) is 0. The molecule has 21 heavy (non-hydrogen) atoms. The molecule has 1 fully saturated rings. The van der Waals surface area contributed by atoms with E-state index in [-0.39, 0.29) is 25.1 Å². The van der Waals surface area contributed by atoms with Crippen LogP contribution in [0.25, 0.3) is 0 Å². The lowest BCUT2D eigenvalue weighted by molar-refractivity contribution is -0.151. The zero-order chi connectivity index (χ0) is 16.3. The van der Waals surface area contributed by atoms with E-state index >= 15 is 0 Å². The second-order valence-corrected chi connectivity index (χ2v) is 6.84. The average Bonchev–Trinajstić information content (AvgIpc) is 2.84. The van der Waals surface area contributed by atoms with Crippen LogP contribution in [0.3, 0.4) is 0 Å². The summed E-state index contributed by atoms with van der Waals surface area (Å²) in [6.07, 6.45) is 0.602. The number of hydrogen-bond donors (Lipinski definition) is 4. The number of nitrogens with zero attached hydrogens (tertiary/aromatic N) is 1. The molecule has 0 aromatic rings. The van der Waals surface area contributed by atoms with E-state index in [4.69, 9.17) is 0 Å². The molecular weight excluding hydrogens is 320 g/mol. The van der Waals surface area contributed by atoms with Gasteiger partial charge in [0.15, 0.2) is 0 Å². The molecular formula is C11H20N2O6S2. The Kier molecular flexibility index (Phi) is 6.02. The molecule has 0 saturated carbocycles. The lowest BCUT2D eigenvalue weighted by atomic mass is 10.2. The largest absolute Gasteiger partial charge is 0.479 e. The molecule has 0 bridgehead atoms. The Morgan fingerprint density at radius 2 is 2.10 bits per heavy atom. The molecule has 2 atom stereocenters. The first-order chi connectivity index (χ1) is 9.72. The second kappa shape index (κ2) is 6.95. The van der Waals surface area contributed by atoms with Gasteiger partial charge >= 0.3 is 16.1 Å². The van der Waals surface area contributed by atoms with Crippen LogP contribution in [0.1, 0.15) is 26.2 Å². The van der Waals surface area contributed by atoms with E-state index in [9.17, 15) is 27.7 Å². The Morgan fingerprint density at radius 1 is 1.48 bits per heavy atom. The third kappa shape index (κ3) is 3.33. The van der Waals surface area contributed by atoms with Gasteiger partial charge in [0.25, 0.3) is 4.87 Å². The van der Waals surface area contributed by atoms with Crippen molar-refractivity contribution in [2.45, 2.75) is 37.1 Å². The Hall–Kier alpha value is -0.840. The van der Waals surface area contributed by atoms with Gasteiger partial charge in [0.2, 0.25) is 5.91 Å². The number of carbonyl (C=O) groups excluding carboxylic acids is 1. The number of rotatable bonds is 7. The number of nitrogens with one attached hydrogen (secondary N) is 1. The first kappa shape index (κ1) is 18.2. The summed E-state index contributed by atoms with van der Waals surface area (Å²) in [6, 6.07) is -0.799. The number of carboxylic acids is 1. The van der Waals surface area contributed by atoms with E-state index in [1.54, 1.807) is 0 Å². The van der Waals surface area contributed by atoms with E-state index in [1.165, 1.54) is 0 Å². The lowest BCUT2D eigenvalue weighted by Crippen LogP contribution is -2.61. The Bertz CT molecular complexity index is 509. The normalized spacial score (nSPS) is 24.0. The molecule has 10 heteroatoms. The molecule has 0 aliphatic carbocycles. The highest BCUT2D eigenvalue weighted by molar-refractivity contribution is 7.88. The molecule has 1 aliphatic rings. The Morgan fingerprint density at radius 3 is 2.52 bits per heavy atom. The zero-order valence-corrected chi connectivity index (χ0v) is 13.4. The minimum absolute atomic E-state index is 0.0387. The number of amides is 1. The standard InChI is InChI=1S/C11H20N2O6S2/c1-2-5-12-8(7-20)9(14)13-6-3-4-11(13,10(15)16)21(17,18)19/h8,12,20H,2-7H2,1H3,(H,15,16)(H,17,18,19)/t8-,11+/m0/s1. The maximum Gasteiger partial charge on any atom is 0.348 e. The van der Waals surface area contributed by atoms with Gasteiger partial charge in [-0.15, -0.1) is 0 Å². The van der Waals surface area contributed by atoms with Crippen molar-refractivity contribution >= 4 is 34.6 Å². The molecule has 1 aliphatic heterocycles. The van der Waals surface area contributed by atoms with Crippen molar-refractivity contribution in [3.8, 4) is 0 Å². The van der Waals surface area contributed by atoms with Gasteiger partial charge in [-0.05, 0) is 19.4 Å². The maximum absolute atomic E-state index is 12.4. The molecule has 0 aromatic carbocycles. The molecule has 8 nitrogen and oxygen atoms in total. The van der Waals surface area contributed by atoms with Gasteiger partial charge in [-0.25, -0.2) is 4.79 Å². The molecule has 122 valence electrons. The molecule has 0 radical (unpaired) electrons. The number of thiol groups is 1. The Balaban J connectivity index is 3.14. The van der Waals surface area contributed by atoms with Crippen molar-refractivity contribution in [3.63, 3.8) is 0 Å². The van der Waals surface area contributed by atoms with Crippen molar-refractivity contribution in [3.05, 3.63) is 0 Å². The van der Waals surface area contributed by atoms with Crippen LogP contribution in [-0.2, 0) is 19.7 Å². The average molecular weight is 340 g/mol. The summed E-state index contributed by atoms with van der Waals surface area (Å²) in [6.45, 7) is 2.36. The maximum atomic E-state index is 12.4. The third-order valence-electron chi connectivity index (χ3n) is 3.48. The zero-order valence-electron chi connectivity index (χ0n) is 11.7. The Labute approximate surface area is 129 Å². The quantitative estimate of drug-likeness (QED) is 0.366. The van der Waals surface area contributed by atoms with E-state index < -0.39 is 32.9 Å². The molecule has 1 rings (SSSR count). The van der Waals surface area contributed by atoms with Crippen LogP contribution in [0, 0.1) is 0 Å². The predicted octanol–water partition coefficient (Wildman–Crippen LogP) is -0.424. The van der Waals surface area contributed by atoms with Gasteiger partial charge in [0.1, 0.15) is 0 Å². The van der Waals surface area contributed by atoms with Crippen LogP contribution < -0.4 is 5.32 Å². The fourth-order valence-electron chi connectivity index (χ4n) is 2.42. The fraction of sp³-hybridized carbons (Fsp3) is 0.818. The fourth-order valence-corrected chi connectivity index (χ4v) is 3.79. The lowest BCUT2D eigenvalue weighted by Gasteiger charge is -2.34. The monoisotopic (exact) mass is 340 g/mol. The minimum Gasteiger partial charge on any atom is -0.479 e. The predicted molar refractivity (Wildman–Crippen MR) is 78.8 cm³/mol. The van der Waals surface area contributed by atoms with Crippen molar-refractivity contribution in [2.24, 2.45) is 0 Å². The van der Waals surface area contributed by atoms with Gasteiger partial charge < -0.3 is 15.3 Å². The minimum atomic E-state index is -4.97. The van der Waals surface area contributed by atoms with E-state index in [0.717, 1.165) is 11.3 Å². The smallest absolute Gasteiger partial charge is 0.348 e. The summed E-state index contributed by atoms with van der Waals surface area (Å²) in [5, 5.41) is 12.2. The summed E-state index contributed by atoms with van der Waals surface area (Å²) in [5.74, 6) is -2.34. The number of hydrogen-bond acceptors (Lipinski definition) is 6. The number of aliphatic carboxylic acids is 1. The van der Waals surface area contributed by atoms with Crippen molar-refractivity contribution in [1.29, 1.82) is 0 Å². The van der Waals surface area contributed by atoms with E-state index in [2.05, 4.69) is 17.9 Å². The van der Waals surface area contributed by atoms with Crippen LogP contribution in [-0.4, -0.2) is 64.6 Å². The number of likely N-dealkylation sites (tertiary alicyclic amines) is 1. The topological polar surface area (TPSA) is 124 Å². The van der Waals surface area contributed by atoms with Crippen molar-refractivity contribution < 1.29 is 27.7 Å². The van der Waals surface area contributed by atoms with E-state index in [1.807, 2.05) is 6.92 Å². The molecule has 1 saturated heterocycles. The van der Waals surface area contributed by atoms with Gasteiger partial charge in [-0.3, -0.25) is 9.35 Å². The van der Waals surface area contributed by atoms with Crippen molar-refractivity contribution in [2.75, 3.05) is 18.8 Å². The van der Waals surface area contributed by atoms with Crippen LogP contribution in [0.15, 0.2) is 0 Å². The summed E-state index contributed by atoms with van der Waals surface area (Å²) in [7, 11) is -4.97. The van der Waals surface area contributed by atoms with E-state index in [0.29, 0.717) is 6.54 Å². The van der Waals surface area contributed by atoms with Gasteiger partial charge in [0.05, 0.1) is 6.04 Å². The number of carboxylic acid groups (broad SMARTS) is 1. The van der Waals surface area contributed by atoms with Gasteiger partial charge in [0, 0.05) is 18.7 Å². The van der Waals surface area contributed by atoms with Crippen LogP contribution in [0.2, 0.25) is 0 Å². The highest BCUT2D eigenvalue weighted by atomic mass is 32.2. The molecule has 1 heterocycles.